The smallest absolute Gasteiger partial charge is 0.383 e. The molecule has 0 heterocycles. The highest BCUT2D eigenvalue weighted by Gasteiger charge is 2.27. The molecule has 0 saturated heterocycles. The normalized spacial score (nSPS) is 11.7. The van der Waals surface area contributed by atoms with Crippen LogP contribution in [0, 0.1) is 0 Å². The lowest BCUT2D eigenvalue weighted by Crippen LogP contribution is -2.26. The Hall–Kier alpha value is -1.27. The van der Waals surface area contributed by atoms with Crippen LogP contribution in [0.5, 0.6) is 0 Å². The number of nitrogens with one attached hydrogen (secondary N) is 1. The molecule has 0 aliphatic rings. The Morgan fingerprint density at radius 3 is 2.60 bits per heavy atom. The van der Waals surface area contributed by atoms with E-state index in [9.17, 15) is 13.2 Å². The zero-order valence-corrected chi connectivity index (χ0v) is 11.8. The molecule has 0 bridgehead atoms. The quantitative estimate of drug-likeness (QED) is 0.745. The van der Waals surface area contributed by atoms with E-state index in [4.69, 9.17) is 4.74 Å². The van der Waals surface area contributed by atoms with Gasteiger partial charge in [0.1, 0.15) is 0 Å². The minimum atomic E-state index is -4.13. The molecular weight excluding hydrogens is 269 g/mol. The zero-order chi connectivity index (χ0) is 15.0. The van der Waals surface area contributed by atoms with E-state index in [0.29, 0.717) is 19.7 Å². The molecule has 6 heteroatoms. The van der Waals surface area contributed by atoms with Crippen LogP contribution in [-0.4, -0.2) is 40.0 Å². The highest BCUT2D eigenvalue weighted by molar-refractivity contribution is 5.53. The van der Waals surface area contributed by atoms with Crippen molar-refractivity contribution < 1.29 is 17.9 Å². The lowest BCUT2D eigenvalue weighted by molar-refractivity contribution is -0.132. The average Bonchev–Trinajstić information content (AvgIpc) is 2.40. The summed E-state index contributed by atoms with van der Waals surface area (Å²) in [4.78, 5) is 1.64. The highest BCUT2D eigenvalue weighted by Crippen LogP contribution is 2.23. The third-order valence-corrected chi connectivity index (χ3v) is 2.93. The van der Waals surface area contributed by atoms with Crippen LogP contribution in [0.15, 0.2) is 24.3 Å². The lowest BCUT2D eigenvalue weighted by Gasteiger charge is -2.23. The van der Waals surface area contributed by atoms with Crippen LogP contribution in [0.2, 0.25) is 0 Å². The Morgan fingerprint density at radius 1 is 1.25 bits per heavy atom. The van der Waals surface area contributed by atoms with Crippen molar-refractivity contribution in [3.63, 3.8) is 0 Å². The number of ether oxygens (including phenoxy) is 1. The van der Waals surface area contributed by atoms with Crippen LogP contribution < -0.4 is 10.2 Å². The fraction of sp³-hybridized carbons (Fsp3) is 0.571. The second kappa shape index (κ2) is 8.11. The Labute approximate surface area is 117 Å². The molecule has 1 N–H and O–H groups in total. The van der Waals surface area contributed by atoms with Crippen LogP contribution in [0.4, 0.5) is 18.9 Å². The van der Waals surface area contributed by atoms with Gasteiger partial charge in [0.25, 0.3) is 0 Å². The van der Waals surface area contributed by atoms with Gasteiger partial charge in [-0.1, -0.05) is 18.2 Å². The monoisotopic (exact) mass is 290 g/mol. The molecule has 0 spiro atoms. The summed E-state index contributed by atoms with van der Waals surface area (Å²) >= 11 is 0. The van der Waals surface area contributed by atoms with Crippen LogP contribution in [0.3, 0.4) is 0 Å². The van der Waals surface area contributed by atoms with E-state index in [0.717, 1.165) is 11.3 Å². The van der Waals surface area contributed by atoms with Crippen LogP contribution in [0.25, 0.3) is 0 Å². The molecular formula is C14H21F3N2O. The predicted molar refractivity (Wildman–Crippen MR) is 74.0 cm³/mol. The van der Waals surface area contributed by atoms with Crippen molar-refractivity contribution in [3.8, 4) is 0 Å². The fourth-order valence-corrected chi connectivity index (χ4v) is 1.84. The summed E-state index contributed by atoms with van der Waals surface area (Å²) in [5.41, 5.74) is 1.80. The van der Waals surface area contributed by atoms with E-state index >= 15 is 0 Å². The molecule has 0 atom stereocenters. The maximum Gasteiger partial charge on any atom is 0.390 e. The second-order valence-corrected chi connectivity index (χ2v) is 4.59. The van der Waals surface area contributed by atoms with Gasteiger partial charge < -0.3 is 15.0 Å². The summed E-state index contributed by atoms with van der Waals surface area (Å²) in [5, 5.41) is 3.20. The molecule has 0 saturated carbocycles. The van der Waals surface area contributed by atoms with Gasteiger partial charge in [-0.25, -0.2) is 0 Å². The molecule has 1 aromatic carbocycles. The molecule has 0 aromatic heterocycles. The van der Waals surface area contributed by atoms with E-state index in [1.807, 2.05) is 24.3 Å². The Balaban J connectivity index is 2.59. The molecule has 0 fully saturated rings. The van der Waals surface area contributed by atoms with Gasteiger partial charge in [0.05, 0.1) is 13.0 Å². The van der Waals surface area contributed by atoms with Crippen molar-refractivity contribution in [1.29, 1.82) is 0 Å². The number of hydrogen-bond donors (Lipinski definition) is 1. The summed E-state index contributed by atoms with van der Waals surface area (Å²) in [7, 11) is 3.31. The first-order chi connectivity index (χ1) is 9.44. The minimum absolute atomic E-state index is 0.0431. The number of para-hydroxylation sites is 1. The average molecular weight is 290 g/mol. The largest absolute Gasteiger partial charge is 0.390 e. The summed E-state index contributed by atoms with van der Waals surface area (Å²) in [5.74, 6) is 0. The number of rotatable bonds is 8. The molecule has 20 heavy (non-hydrogen) atoms. The fourth-order valence-electron chi connectivity index (χ4n) is 1.84. The minimum Gasteiger partial charge on any atom is -0.383 e. The lowest BCUT2D eigenvalue weighted by atomic mass is 10.1. The molecule has 0 aliphatic carbocycles. The first-order valence-corrected chi connectivity index (χ1v) is 6.49. The second-order valence-electron chi connectivity index (χ2n) is 4.59. The third kappa shape index (κ3) is 6.25. The summed E-state index contributed by atoms with van der Waals surface area (Å²) in [6, 6.07) is 7.47. The molecule has 1 rings (SSSR count). The molecule has 0 amide bonds. The van der Waals surface area contributed by atoms with E-state index in [1.54, 1.807) is 19.1 Å². The van der Waals surface area contributed by atoms with Crippen molar-refractivity contribution in [3.05, 3.63) is 29.8 Å². The standard InChI is InChI=1S/C14H21F3N2O/c1-19(9-7-14(15,16)17)13-6-4-3-5-12(13)11-18-8-10-20-2/h3-6,18H,7-11H2,1-2H3. The van der Waals surface area contributed by atoms with Gasteiger partial charge in [0.2, 0.25) is 0 Å². The molecule has 0 aliphatic heterocycles. The molecule has 0 radical (unpaired) electrons. The molecule has 3 nitrogen and oxygen atoms in total. The van der Waals surface area contributed by atoms with Gasteiger partial charge in [0, 0.05) is 39.5 Å². The first-order valence-electron chi connectivity index (χ1n) is 6.49. The van der Waals surface area contributed by atoms with Gasteiger partial charge in [-0.05, 0) is 11.6 Å². The van der Waals surface area contributed by atoms with Gasteiger partial charge in [-0.2, -0.15) is 13.2 Å². The number of nitrogens with zero attached hydrogens (tertiary/aromatic N) is 1. The topological polar surface area (TPSA) is 24.5 Å². The van der Waals surface area contributed by atoms with E-state index in [-0.39, 0.29) is 6.54 Å². The predicted octanol–water partition coefficient (Wildman–Crippen LogP) is 2.81. The highest BCUT2D eigenvalue weighted by atomic mass is 19.4. The van der Waals surface area contributed by atoms with Crippen LogP contribution in [0.1, 0.15) is 12.0 Å². The SMILES string of the molecule is COCCNCc1ccccc1N(C)CCC(F)(F)F. The van der Waals surface area contributed by atoms with Gasteiger partial charge in [0.15, 0.2) is 0 Å². The van der Waals surface area contributed by atoms with E-state index in [1.165, 1.54) is 0 Å². The van der Waals surface area contributed by atoms with Crippen molar-refractivity contribution >= 4 is 5.69 Å². The Kier molecular flexibility index (Phi) is 6.81. The number of anilines is 1. The molecule has 0 unspecified atom stereocenters. The van der Waals surface area contributed by atoms with E-state index < -0.39 is 12.6 Å². The number of halogens is 3. The van der Waals surface area contributed by atoms with Crippen molar-refractivity contribution in [1.82, 2.24) is 5.32 Å². The number of alkyl halides is 3. The van der Waals surface area contributed by atoms with Crippen molar-refractivity contribution in [2.45, 2.75) is 19.1 Å². The zero-order valence-electron chi connectivity index (χ0n) is 11.8. The number of hydrogen-bond acceptors (Lipinski definition) is 3. The van der Waals surface area contributed by atoms with Crippen molar-refractivity contribution in [2.75, 3.05) is 38.8 Å². The molecule has 114 valence electrons. The third-order valence-electron chi connectivity index (χ3n) is 2.93. The van der Waals surface area contributed by atoms with Crippen LogP contribution in [-0.2, 0) is 11.3 Å². The van der Waals surface area contributed by atoms with Gasteiger partial charge in [-0.15, -0.1) is 0 Å². The Bertz CT molecular complexity index is 396. The summed E-state index contributed by atoms with van der Waals surface area (Å²) in [6.07, 6.45) is -4.94. The number of methoxy groups -OCH3 is 1. The van der Waals surface area contributed by atoms with Crippen molar-refractivity contribution in [2.24, 2.45) is 0 Å². The maximum atomic E-state index is 12.3. The molecule has 1 aromatic rings. The summed E-state index contributed by atoms with van der Waals surface area (Å²) < 4.78 is 41.7. The Morgan fingerprint density at radius 2 is 1.95 bits per heavy atom. The van der Waals surface area contributed by atoms with Crippen LogP contribution >= 0.6 is 0 Å². The summed E-state index contributed by atoms with van der Waals surface area (Å²) in [6.45, 7) is 1.87. The van der Waals surface area contributed by atoms with Gasteiger partial charge >= 0.3 is 6.18 Å². The van der Waals surface area contributed by atoms with Gasteiger partial charge in [-0.3, -0.25) is 0 Å². The number of benzene rings is 1. The first kappa shape index (κ1) is 16.8. The van der Waals surface area contributed by atoms with E-state index in [2.05, 4.69) is 5.32 Å². The maximum absolute atomic E-state index is 12.3.